The maximum Gasteiger partial charge on any atom is 0.246 e. The number of methoxy groups -OCH3 is 1. The smallest absolute Gasteiger partial charge is 0.246 e. The van der Waals surface area contributed by atoms with Gasteiger partial charge in [0.25, 0.3) is 0 Å². The van der Waals surface area contributed by atoms with Gasteiger partial charge in [0.15, 0.2) is 0 Å². The zero-order valence-corrected chi connectivity index (χ0v) is 17.2. The largest absolute Gasteiger partial charge is 0.495 e. The molecule has 1 aliphatic rings. The molecule has 2 rings (SSSR count). The molecule has 0 aromatic heterocycles. The van der Waals surface area contributed by atoms with Crippen molar-refractivity contribution in [1.82, 2.24) is 4.90 Å². The average Bonchev–Trinajstić information content (AvgIpc) is 2.60. The topological polar surface area (TPSA) is 71.4 Å². The van der Waals surface area contributed by atoms with Gasteiger partial charge in [-0.2, -0.15) is 0 Å². The molecule has 1 fully saturated rings. The highest BCUT2D eigenvalue weighted by molar-refractivity contribution is 7.92. The fraction of sp³-hybridized carbons (Fsp3) is 0.588. The van der Waals surface area contributed by atoms with E-state index in [1.165, 1.54) is 18.1 Å². The Labute approximate surface area is 160 Å². The third-order valence-corrected chi connectivity index (χ3v) is 6.19. The van der Waals surface area contributed by atoms with Gasteiger partial charge in [-0.1, -0.05) is 11.6 Å². The van der Waals surface area contributed by atoms with Crippen LogP contribution in [-0.2, 0) is 14.8 Å². The molecule has 1 heterocycles. The molecule has 0 radical (unpaired) electrons. The van der Waals surface area contributed by atoms with E-state index < -0.39 is 16.1 Å². The van der Waals surface area contributed by atoms with Crippen molar-refractivity contribution in [3.63, 3.8) is 0 Å². The average molecular weight is 405 g/mol. The molecule has 9 heteroatoms. The predicted molar refractivity (Wildman–Crippen MR) is 103 cm³/mol. The number of quaternary nitrogens is 1. The summed E-state index contributed by atoms with van der Waals surface area (Å²) in [5, 5.41) is 0.370. The number of halogens is 1. The van der Waals surface area contributed by atoms with Crippen LogP contribution in [0.4, 0.5) is 5.69 Å². The number of hydrogen-bond acceptors (Lipinski definition) is 4. The fourth-order valence-corrected chi connectivity index (χ4v) is 4.60. The van der Waals surface area contributed by atoms with Gasteiger partial charge in [0.05, 0.1) is 51.8 Å². The molecule has 1 aliphatic heterocycles. The molecule has 1 atom stereocenters. The zero-order chi connectivity index (χ0) is 19.5. The van der Waals surface area contributed by atoms with Gasteiger partial charge in [-0.3, -0.25) is 9.10 Å². The highest BCUT2D eigenvalue weighted by Crippen LogP contribution is 2.34. The molecule has 0 spiro atoms. The van der Waals surface area contributed by atoms with E-state index >= 15 is 0 Å². The SMILES string of the molecule is CC[NH+]1CCN(C(=O)[C@H](C)N(c2cc(Cl)ccc2OC)S(C)(=O)=O)CC1. The zero-order valence-electron chi connectivity index (χ0n) is 15.7. The highest BCUT2D eigenvalue weighted by atomic mass is 35.5. The van der Waals surface area contributed by atoms with Crippen LogP contribution in [0, 0.1) is 0 Å². The van der Waals surface area contributed by atoms with Crippen molar-refractivity contribution in [2.45, 2.75) is 19.9 Å². The van der Waals surface area contributed by atoms with Crippen LogP contribution in [0.5, 0.6) is 5.75 Å². The normalized spacial score (nSPS) is 17.0. The quantitative estimate of drug-likeness (QED) is 0.737. The van der Waals surface area contributed by atoms with Crippen LogP contribution in [-0.4, -0.2) is 71.4 Å². The molecule has 1 N–H and O–H groups in total. The van der Waals surface area contributed by atoms with Crippen LogP contribution >= 0.6 is 11.6 Å². The van der Waals surface area contributed by atoms with Gasteiger partial charge in [0, 0.05) is 5.02 Å². The predicted octanol–water partition coefficient (Wildman–Crippen LogP) is 0.250. The van der Waals surface area contributed by atoms with E-state index in [9.17, 15) is 13.2 Å². The second kappa shape index (κ2) is 8.45. The molecular formula is C17H27ClN3O4S+. The molecule has 1 amide bonds. The number of sulfonamides is 1. The third kappa shape index (κ3) is 4.61. The number of piperazine rings is 1. The number of nitrogens with zero attached hydrogens (tertiary/aromatic N) is 2. The summed E-state index contributed by atoms with van der Waals surface area (Å²) in [6, 6.07) is 3.82. The lowest BCUT2D eigenvalue weighted by Gasteiger charge is -2.36. The van der Waals surface area contributed by atoms with Crippen molar-refractivity contribution >= 4 is 33.2 Å². The van der Waals surface area contributed by atoms with Crippen molar-refractivity contribution in [2.75, 3.05) is 50.4 Å². The number of amides is 1. The van der Waals surface area contributed by atoms with Crippen molar-refractivity contribution in [1.29, 1.82) is 0 Å². The van der Waals surface area contributed by atoms with Crippen molar-refractivity contribution in [3.05, 3.63) is 23.2 Å². The summed E-state index contributed by atoms with van der Waals surface area (Å²) < 4.78 is 31.4. The summed E-state index contributed by atoms with van der Waals surface area (Å²) in [4.78, 5) is 16.2. The Morgan fingerprint density at radius 2 is 2.00 bits per heavy atom. The van der Waals surface area contributed by atoms with Crippen molar-refractivity contribution < 1.29 is 22.8 Å². The molecule has 0 bridgehead atoms. The Morgan fingerprint density at radius 1 is 1.38 bits per heavy atom. The number of anilines is 1. The van der Waals surface area contributed by atoms with E-state index in [0.29, 0.717) is 23.9 Å². The lowest BCUT2D eigenvalue weighted by atomic mass is 10.2. The van der Waals surface area contributed by atoms with Gasteiger partial charge < -0.3 is 14.5 Å². The molecular weight excluding hydrogens is 378 g/mol. The van der Waals surface area contributed by atoms with Crippen LogP contribution < -0.4 is 13.9 Å². The Bertz CT molecular complexity index is 748. The lowest BCUT2D eigenvalue weighted by molar-refractivity contribution is -0.902. The van der Waals surface area contributed by atoms with Gasteiger partial charge in [0.2, 0.25) is 15.9 Å². The first-order valence-electron chi connectivity index (χ1n) is 8.64. The summed E-state index contributed by atoms with van der Waals surface area (Å²) >= 11 is 6.06. The minimum absolute atomic E-state index is 0.215. The Kier molecular flexibility index (Phi) is 6.76. The Morgan fingerprint density at radius 3 is 2.50 bits per heavy atom. The first-order valence-corrected chi connectivity index (χ1v) is 10.9. The second-order valence-corrected chi connectivity index (χ2v) is 8.78. The molecule has 1 aromatic rings. The monoisotopic (exact) mass is 404 g/mol. The number of ether oxygens (including phenoxy) is 1. The molecule has 0 saturated carbocycles. The van der Waals surface area contributed by atoms with Gasteiger partial charge in [-0.05, 0) is 32.0 Å². The molecule has 7 nitrogen and oxygen atoms in total. The number of likely N-dealkylation sites (N-methyl/N-ethyl adjacent to an activating group) is 1. The van der Waals surface area contributed by atoms with Crippen LogP contribution in [0.15, 0.2) is 18.2 Å². The molecule has 1 aromatic carbocycles. The van der Waals surface area contributed by atoms with E-state index in [4.69, 9.17) is 16.3 Å². The van der Waals surface area contributed by atoms with E-state index in [2.05, 4.69) is 6.92 Å². The number of hydrogen-bond donors (Lipinski definition) is 1. The van der Waals surface area contributed by atoms with Gasteiger partial charge in [0.1, 0.15) is 11.8 Å². The molecule has 26 heavy (non-hydrogen) atoms. The van der Waals surface area contributed by atoms with E-state index in [1.807, 2.05) is 0 Å². The first-order chi connectivity index (χ1) is 12.2. The minimum Gasteiger partial charge on any atom is -0.495 e. The maximum atomic E-state index is 13.0. The van der Waals surface area contributed by atoms with Gasteiger partial charge in [-0.25, -0.2) is 8.42 Å². The van der Waals surface area contributed by atoms with E-state index in [-0.39, 0.29) is 11.6 Å². The molecule has 0 aliphatic carbocycles. The van der Waals surface area contributed by atoms with Crippen molar-refractivity contribution in [3.8, 4) is 5.75 Å². The lowest BCUT2D eigenvalue weighted by Crippen LogP contribution is -3.14. The molecule has 146 valence electrons. The van der Waals surface area contributed by atoms with Crippen LogP contribution in [0.1, 0.15) is 13.8 Å². The summed E-state index contributed by atoms with van der Waals surface area (Å²) in [5.41, 5.74) is 0.265. The van der Waals surface area contributed by atoms with E-state index in [1.54, 1.807) is 24.0 Å². The van der Waals surface area contributed by atoms with Crippen LogP contribution in [0.2, 0.25) is 5.02 Å². The number of carbonyl (C=O) groups is 1. The second-order valence-electron chi connectivity index (χ2n) is 6.48. The van der Waals surface area contributed by atoms with Gasteiger partial charge in [-0.15, -0.1) is 0 Å². The summed E-state index contributed by atoms with van der Waals surface area (Å²) in [5.74, 6) is 0.132. The number of nitrogens with one attached hydrogen (secondary N) is 1. The minimum atomic E-state index is -3.72. The third-order valence-electron chi connectivity index (χ3n) is 4.73. The number of benzene rings is 1. The van der Waals surface area contributed by atoms with Crippen LogP contribution in [0.3, 0.4) is 0 Å². The molecule has 1 saturated heterocycles. The Balaban J connectivity index is 2.33. The molecule has 0 unspecified atom stereocenters. The summed E-state index contributed by atoms with van der Waals surface area (Å²) in [7, 11) is -2.27. The highest BCUT2D eigenvalue weighted by Gasteiger charge is 2.35. The first kappa shape index (κ1) is 20.8. The van der Waals surface area contributed by atoms with Crippen LogP contribution in [0.25, 0.3) is 0 Å². The fourth-order valence-electron chi connectivity index (χ4n) is 3.27. The maximum absolute atomic E-state index is 13.0. The Hall–Kier alpha value is -1.51. The summed E-state index contributed by atoms with van der Waals surface area (Å²) in [6.45, 7) is 7.72. The van der Waals surface area contributed by atoms with E-state index in [0.717, 1.165) is 30.2 Å². The van der Waals surface area contributed by atoms with Crippen molar-refractivity contribution in [2.24, 2.45) is 0 Å². The summed E-state index contributed by atoms with van der Waals surface area (Å²) in [6.07, 6.45) is 1.08. The number of rotatable bonds is 6. The van der Waals surface area contributed by atoms with Gasteiger partial charge >= 0.3 is 0 Å². The standard InChI is InChI=1S/C17H26ClN3O4S/c1-5-19-8-10-20(11-9-19)17(22)13(2)21(26(4,23)24)15-12-14(18)6-7-16(15)25-3/h6-7,12-13H,5,8-11H2,1-4H3/p+1/t13-/m0/s1. The number of carbonyl (C=O) groups excluding carboxylic acids is 1.